The van der Waals surface area contributed by atoms with Crippen molar-refractivity contribution in [2.75, 3.05) is 33.2 Å². The summed E-state index contributed by atoms with van der Waals surface area (Å²) in [5.41, 5.74) is 5.08. The SMILES string of the molecule is CCC1CN(CCCC(C)(NC2CC2)C(N)=O)CCN1C. The monoisotopic (exact) mass is 296 g/mol. The van der Waals surface area contributed by atoms with Gasteiger partial charge in [0.2, 0.25) is 5.91 Å². The number of nitrogens with two attached hydrogens (primary N) is 1. The Morgan fingerprint density at radius 2 is 2.10 bits per heavy atom. The molecule has 0 spiro atoms. The highest BCUT2D eigenvalue weighted by atomic mass is 16.1. The lowest BCUT2D eigenvalue weighted by atomic mass is 9.94. The van der Waals surface area contributed by atoms with E-state index in [0.29, 0.717) is 12.1 Å². The number of carbonyl (C=O) groups excluding carboxylic acids is 1. The van der Waals surface area contributed by atoms with Gasteiger partial charge in [0, 0.05) is 31.7 Å². The third kappa shape index (κ3) is 4.66. The lowest BCUT2D eigenvalue weighted by Crippen LogP contribution is -2.55. The average Bonchev–Trinajstić information content (AvgIpc) is 3.24. The van der Waals surface area contributed by atoms with E-state index in [9.17, 15) is 4.79 Å². The Hall–Kier alpha value is -0.650. The summed E-state index contributed by atoms with van der Waals surface area (Å²) in [6, 6.07) is 1.18. The van der Waals surface area contributed by atoms with E-state index >= 15 is 0 Å². The van der Waals surface area contributed by atoms with Gasteiger partial charge in [-0.2, -0.15) is 0 Å². The molecule has 5 nitrogen and oxygen atoms in total. The fourth-order valence-electron chi connectivity index (χ4n) is 3.26. The van der Waals surface area contributed by atoms with Crippen LogP contribution in [-0.2, 0) is 4.79 Å². The third-order valence-corrected chi connectivity index (χ3v) is 5.13. The van der Waals surface area contributed by atoms with Gasteiger partial charge in [-0.15, -0.1) is 0 Å². The number of hydrogen-bond donors (Lipinski definition) is 2. The van der Waals surface area contributed by atoms with Gasteiger partial charge in [0.15, 0.2) is 0 Å². The van der Waals surface area contributed by atoms with Gasteiger partial charge in [-0.25, -0.2) is 0 Å². The maximum atomic E-state index is 11.7. The second-order valence-electron chi connectivity index (χ2n) is 7.06. The van der Waals surface area contributed by atoms with Crippen molar-refractivity contribution in [3.05, 3.63) is 0 Å². The average molecular weight is 296 g/mol. The molecule has 5 heteroatoms. The normalized spacial score (nSPS) is 27.5. The van der Waals surface area contributed by atoms with E-state index in [2.05, 4.69) is 29.1 Å². The zero-order valence-electron chi connectivity index (χ0n) is 13.9. The molecule has 1 heterocycles. The van der Waals surface area contributed by atoms with Crippen LogP contribution in [-0.4, -0.2) is 66.6 Å². The van der Waals surface area contributed by atoms with Crippen molar-refractivity contribution in [3.8, 4) is 0 Å². The molecule has 1 saturated heterocycles. The van der Waals surface area contributed by atoms with Crippen LogP contribution in [0.25, 0.3) is 0 Å². The molecule has 2 atom stereocenters. The van der Waals surface area contributed by atoms with E-state index in [-0.39, 0.29) is 5.91 Å². The van der Waals surface area contributed by atoms with Crippen molar-refractivity contribution in [2.24, 2.45) is 5.73 Å². The van der Waals surface area contributed by atoms with Crippen molar-refractivity contribution < 1.29 is 4.79 Å². The van der Waals surface area contributed by atoms with Crippen LogP contribution in [0.3, 0.4) is 0 Å². The molecule has 0 aromatic heterocycles. The minimum atomic E-state index is -0.530. The molecule has 0 aromatic carbocycles. The standard InChI is InChI=1S/C16H32N4O/c1-4-14-12-20(11-10-19(14)3)9-5-8-16(2,15(17)21)18-13-6-7-13/h13-14,18H,4-12H2,1-3H3,(H2,17,21). The summed E-state index contributed by atoms with van der Waals surface area (Å²) < 4.78 is 0. The predicted molar refractivity (Wildman–Crippen MR) is 86.1 cm³/mol. The van der Waals surface area contributed by atoms with Crippen LogP contribution in [0.15, 0.2) is 0 Å². The maximum Gasteiger partial charge on any atom is 0.237 e. The summed E-state index contributed by atoms with van der Waals surface area (Å²) in [5, 5.41) is 3.43. The van der Waals surface area contributed by atoms with Gasteiger partial charge < -0.3 is 20.9 Å². The molecule has 1 aliphatic carbocycles. The number of hydrogen-bond acceptors (Lipinski definition) is 4. The molecular formula is C16H32N4O. The molecule has 2 fully saturated rings. The van der Waals surface area contributed by atoms with Crippen LogP contribution in [0.1, 0.15) is 46.0 Å². The molecule has 0 radical (unpaired) electrons. The van der Waals surface area contributed by atoms with Crippen LogP contribution in [0.2, 0.25) is 0 Å². The quantitative estimate of drug-likeness (QED) is 0.695. The molecule has 122 valence electrons. The van der Waals surface area contributed by atoms with Crippen molar-refractivity contribution in [1.82, 2.24) is 15.1 Å². The summed E-state index contributed by atoms with van der Waals surface area (Å²) in [4.78, 5) is 16.7. The second-order valence-corrected chi connectivity index (χ2v) is 7.06. The number of primary amides is 1. The van der Waals surface area contributed by atoms with Gasteiger partial charge in [0.05, 0.1) is 5.54 Å². The topological polar surface area (TPSA) is 61.6 Å². The van der Waals surface area contributed by atoms with Crippen LogP contribution in [0.4, 0.5) is 0 Å². The van der Waals surface area contributed by atoms with E-state index in [4.69, 9.17) is 5.73 Å². The summed E-state index contributed by atoms with van der Waals surface area (Å²) in [7, 11) is 2.22. The Balaban J connectivity index is 1.75. The minimum Gasteiger partial charge on any atom is -0.368 e. The molecule has 2 unspecified atom stereocenters. The summed E-state index contributed by atoms with van der Waals surface area (Å²) in [6.07, 6.45) is 5.43. The first kappa shape index (κ1) is 16.7. The van der Waals surface area contributed by atoms with E-state index in [1.807, 2.05) is 6.92 Å². The lowest BCUT2D eigenvalue weighted by Gasteiger charge is -2.39. The van der Waals surface area contributed by atoms with E-state index in [1.165, 1.54) is 19.3 Å². The fraction of sp³-hybridized carbons (Fsp3) is 0.938. The van der Waals surface area contributed by atoms with Crippen molar-refractivity contribution in [3.63, 3.8) is 0 Å². The van der Waals surface area contributed by atoms with Crippen molar-refractivity contribution >= 4 is 5.91 Å². The smallest absolute Gasteiger partial charge is 0.237 e. The van der Waals surface area contributed by atoms with E-state index in [0.717, 1.165) is 39.0 Å². The van der Waals surface area contributed by atoms with Crippen LogP contribution < -0.4 is 11.1 Å². The Morgan fingerprint density at radius 3 is 2.67 bits per heavy atom. The largest absolute Gasteiger partial charge is 0.368 e. The van der Waals surface area contributed by atoms with Gasteiger partial charge in [-0.1, -0.05) is 6.92 Å². The van der Waals surface area contributed by atoms with E-state index in [1.54, 1.807) is 0 Å². The molecule has 1 amide bonds. The molecule has 21 heavy (non-hydrogen) atoms. The van der Waals surface area contributed by atoms with Crippen LogP contribution >= 0.6 is 0 Å². The zero-order chi connectivity index (χ0) is 15.5. The Labute approximate surface area is 129 Å². The summed E-state index contributed by atoms with van der Waals surface area (Å²) >= 11 is 0. The van der Waals surface area contributed by atoms with Crippen molar-refractivity contribution in [2.45, 2.75) is 63.6 Å². The van der Waals surface area contributed by atoms with Gasteiger partial charge in [-0.3, -0.25) is 4.79 Å². The fourth-order valence-corrected chi connectivity index (χ4v) is 3.26. The van der Waals surface area contributed by atoms with Gasteiger partial charge in [0.1, 0.15) is 0 Å². The third-order valence-electron chi connectivity index (χ3n) is 5.13. The highest BCUT2D eigenvalue weighted by Gasteiger charge is 2.36. The lowest BCUT2D eigenvalue weighted by molar-refractivity contribution is -0.124. The number of nitrogens with zero attached hydrogens (tertiary/aromatic N) is 2. The number of amides is 1. The molecule has 2 aliphatic rings. The Bertz CT molecular complexity index is 358. The van der Waals surface area contributed by atoms with Gasteiger partial charge >= 0.3 is 0 Å². The zero-order valence-corrected chi connectivity index (χ0v) is 13.9. The summed E-state index contributed by atoms with van der Waals surface area (Å²) in [5.74, 6) is -0.209. The minimum absolute atomic E-state index is 0.209. The van der Waals surface area contributed by atoms with Crippen LogP contribution in [0, 0.1) is 0 Å². The highest BCUT2D eigenvalue weighted by Crippen LogP contribution is 2.25. The molecule has 1 aliphatic heterocycles. The molecule has 0 bridgehead atoms. The molecule has 0 aromatic rings. The molecule has 2 rings (SSSR count). The summed E-state index contributed by atoms with van der Waals surface area (Å²) in [6.45, 7) is 8.72. The second kappa shape index (κ2) is 7.07. The first-order valence-electron chi connectivity index (χ1n) is 8.45. The molecular weight excluding hydrogens is 264 g/mol. The van der Waals surface area contributed by atoms with Gasteiger partial charge in [-0.05, 0) is 52.6 Å². The number of likely N-dealkylation sites (N-methyl/N-ethyl adjacent to an activating group) is 1. The maximum absolute atomic E-state index is 11.7. The highest BCUT2D eigenvalue weighted by molar-refractivity contribution is 5.84. The number of nitrogens with one attached hydrogen (secondary N) is 1. The number of piperazine rings is 1. The molecule has 1 saturated carbocycles. The van der Waals surface area contributed by atoms with Gasteiger partial charge in [0.25, 0.3) is 0 Å². The first-order chi connectivity index (χ1) is 9.94. The first-order valence-corrected chi connectivity index (χ1v) is 8.45. The number of rotatable bonds is 8. The Kier molecular flexibility index (Phi) is 5.63. The van der Waals surface area contributed by atoms with Crippen molar-refractivity contribution in [1.29, 1.82) is 0 Å². The number of carbonyl (C=O) groups is 1. The predicted octanol–water partition coefficient (Wildman–Crippen LogP) is 0.789. The molecule has 3 N–H and O–H groups in total. The van der Waals surface area contributed by atoms with E-state index < -0.39 is 5.54 Å². The van der Waals surface area contributed by atoms with Crippen LogP contribution in [0.5, 0.6) is 0 Å². The Morgan fingerprint density at radius 1 is 1.38 bits per heavy atom.